The largest absolute Gasteiger partial charge is 0.342 e. The number of amides is 1. The normalized spacial score (nSPS) is 11.4. The predicted molar refractivity (Wildman–Crippen MR) is 87.9 cm³/mol. The van der Waals surface area contributed by atoms with Gasteiger partial charge in [-0.2, -0.15) is 0 Å². The third-order valence-electron chi connectivity index (χ3n) is 3.65. The number of carbonyl (C=O) groups is 2. The molecule has 5 heteroatoms. The Morgan fingerprint density at radius 2 is 1.76 bits per heavy atom. The van der Waals surface area contributed by atoms with Gasteiger partial charge >= 0.3 is 0 Å². The third-order valence-corrected chi connectivity index (χ3v) is 3.65. The van der Waals surface area contributed by atoms with Crippen LogP contribution < -0.4 is 5.73 Å². The maximum absolute atomic E-state index is 12.0. The number of aryl methyl sites for hydroxylation is 1. The fourth-order valence-electron chi connectivity index (χ4n) is 1.87. The Kier molecular flexibility index (Phi) is 8.90. The summed E-state index contributed by atoms with van der Waals surface area (Å²) in [4.78, 5) is 25.5. The van der Waals surface area contributed by atoms with E-state index in [-0.39, 0.29) is 43.0 Å². The molecule has 0 fully saturated rings. The average molecular weight is 313 g/mol. The fourth-order valence-corrected chi connectivity index (χ4v) is 1.87. The van der Waals surface area contributed by atoms with Crippen LogP contribution in [0.3, 0.4) is 0 Å². The Labute approximate surface area is 133 Å². The second-order valence-corrected chi connectivity index (χ2v) is 5.06. The van der Waals surface area contributed by atoms with Crippen LogP contribution in [0.4, 0.5) is 0 Å². The lowest BCUT2D eigenvalue weighted by molar-refractivity contribution is -0.131. The molecule has 0 heterocycles. The summed E-state index contributed by atoms with van der Waals surface area (Å²) >= 11 is 0. The van der Waals surface area contributed by atoms with Gasteiger partial charge < -0.3 is 10.6 Å². The first-order valence-corrected chi connectivity index (χ1v) is 7.07. The van der Waals surface area contributed by atoms with Gasteiger partial charge in [0.15, 0.2) is 5.78 Å². The lowest BCUT2D eigenvalue weighted by atomic mass is 10.0. The van der Waals surface area contributed by atoms with E-state index >= 15 is 0 Å². The van der Waals surface area contributed by atoms with E-state index in [0.717, 1.165) is 6.42 Å². The van der Waals surface area contributed by atoms with Crippen LogP contribution >= 0.6 is 12.4 Å². The molecule has 0 aromatic heterocycles. The van der Waals surface area contributed by atoms with Crippen molar-refractivity contribution in [2.24, 2.45) is 5.73 Å². The molecule has 118 valence electrons. The van der Waals surface area contributed by atoms with E-state index in [1.165, 1.54) is 5.56 Å². The Morgan fingerprint density at radius 3 is 2.24 bits per heavy atom. The molecule has 4 nitrogen and oxygen atoms in total. The fraction of sp³-hybridized carbons (Fsp3) is 0.500. The molecule has 1 aromatic carbocycles. The average Bonchev–Trinajstić information content (AvgIpc) is 2.50. The molecule has 21 heavy (non-hydrogen) atoms. The third kappa shape index (κ3) is 5.86. The maximum Gasteiger partial charge on any atom is 0.223 e. The van der Waals surface area contributed by atoms with Crippen LogP contribution in [0.1, 0.15) is 42.6 Å². The maximum atomic E-state index is 12.0. The summed E-state index contributed by atoms with van der Waals surface area (Å²) in [5, 5.41) is 0. The van der Waals surface area contributed by atoms with Crippen LogP contribution in [-0.4, -0.2) is 36.2 Å². The Morgan fingerprint density at radius 1 is 1.19 bits per heavy atom. The zero-order chi connectivity index (χ0) is 15.1. The second-order valence-electron chi connectivity index (χ2n) is 5.06. The Balaban J connectivity index is 0.00000400. The number of hydrogen-bond donors (Lipinski definition) is 1. The zero-order valence-electron chi connectivity index (χ0n) is 13.0. The molecule has 1 unspecified atom stereocenters. The number of Topliss-reactive ketones (excluding diaryl/α,β-unsaturated/α-hetero) is 1. The van der Waals surface area contributed by atoms with Crippen molar-refractivity contribution in [1.82, 2.24) is 4.90 Å². The molecule has 1 atom stereocenters. The Hall–Kier alpha value is -1.39. The van der Waals surface area contributed by atoms with Gasteiger partial charge in [-0.15, -0.1) is 12.4 Å². The first-order valence-electron chi connectivity index (χ1n) is 7.07. The van der Waals surface area contributed by atoms with Gasteiger partial charge in [0.1, 0.15) is 0 Å². The number of nitrogens with two attached hydrogens (primary N) is 1. The van der Waals surface area contributed by atoms with Crippen molar-refractivity contribution in [1.29, 1.82) is 0 Å². The van der Waals surface area contributed by atoms with E-state index < -0.39 is 0 Å². The summed E-state index contributed by atoms with van der Waals surface area (Å²) < 4.78 is 0. The first-order chi connectivity index (χ1) is 9.49. The summed E-state index contributed by atoms with van der Waals surface area (Å²) in [7, 11) is 1.72. The molecule has 0 radical (unpaired) electrons. The number of carbonyl (C=O) groups excluding carboxylic acids is 2. The summed E-state index contributed by atoms with van der Waals surface area (Å²) in [6, 6.07) is 7.58. The van der Waals surface area contributed by atoms with E-state index in [2.05, 4.69) is 6.92 Å². The molecule has 0 bridgehead atoms. The molecular formula is C16H25ClN2O2. The molecular weight excluding hydrogens is 288 g/mol. The molecule has 0 spiro atoms. The van der Waals surface area contributed by atoms with Crippen LogP contribution in [-0.2, 0) is 11.2 Å². The topological polar surface area (TPSA) is 63.4 Å². The quantitative estimate of drug-likeness (QED) is 0.787. The van der Waals surface area contributed by atoms with Crippen LogP contribution in [0.25, 0.3) is 0 Å². The lowest BCUT2D eigenvalue weighted by Gasteiger charge is -2.23. The number of hydrogen-bond acceptors (Lipinski definition) is 3. The molecule has 1 aromatic rings. The highest BCUT2D eigenvalue weighted by atomic mass is 35.5. The van der Waals surface area contributed by atoms with Crippen LogP contribution in [0.5, 0.6) is 0 Å². The lowest BCUT2D eigenvalue weighted by Crippen LogP contribution is -2.39. The number of nitrogens with zero attached hydrogens (tertiary/aromatic N) is 1. The van der Waals surface area contributed by atoms with E-state index in [9.17, 15) is 9.59 Å². The van der Waals surface area contributed by atoms with E-state index in [1.807, 2.05) is 31.2 Å². The minimum Gasteiger partial charge on any atom is -0.342 e. The van der Waals surface area contributed by atoms with Gasteiger partial charge in [0, 0.05) is 38.0 Å². The number of ketones is 1. The second kappa shape index (κ2) is 9.53. The first kappa shape index (κ1) is 19.6. The molecule has 1 rings (SSSR count). The molecule has 0 aliphatic heterocycles. The van der Waals surface area contributed by atoms with E-state index in [4.69, 9.17) is 5.73 Å². The Bertz CT molecular complexity index is 460. The van der Waals surface area contributed by atoms with Crippen molar-refractivity contribution in [3.63, 3.8) is 0 Å². The molecule has 1 amide bonds. The van der Waals surface area contributed by atoms with Crippen molar-refractivity contribution in [2.75, 3.05) is 13.6 Å². The van der Waals surface area contributed by atoms with Crippen LogP contribution in [0.15, 0.2) is 24.3 Å². The molecule has 2 N–H and O–H groups in total. The number of halogens is 1. The zero-order valence-corrected chi connectivity index (χ0v) is 13.8. The van der Waals surface area contributed by atoms with Crippen molar-refractivity contribution in [2.45, 2.75) is 39.2 Å². The highest BCUT2D eigenvalue weighted by Gasteiger charge is 2.16. The van der Waals surface area contributed by atoms with Gasteiger partial charge in [0.2, 0.25) is 5.91 Å². The van der Waals surface area contributed by atoms with Crippen LogP contribution in [0, 0.1) is 0 Å². The summed E-state index contributed by atoms with van der Waals surface area (Å²) in [5.41, 5.74) is 7.40. The SMILES string of the molecule is CCc1ccc(C(=O)CCC(=O)N(C)C(C)CN)cc1.Cl. The van der Waals surface area contributed by atoms with E-state index in [1.54, 1.807) is 11.9 Å². The molecule has 0 aliphatic carbocycles. The summed E-state index contributed by atoms with van der Waals surface area (Å²) in [5.74, 6) is -0.0312. The monoisotopic (exact) mass is 312 g/mol. The van der Waals surface area contributed by atoms with Crippen molar-refractivity contribution in [3.8, 4) is 0 Å². The minimum absolute atomic E-state index is 0. The van der Waals surface area contributed by atoms with Gasteiger partial charge in [-0.25, -0.2) is 0 Å². The van der Waals surface area contributed by atoms with Crippen molar-refractivity contribution >= 4 is 24.1 Å². The highest BCUT2D eigenvalue weighted by Crippen LogP contribution is 2.10. The van der Waals surface area contributed by atoms with Crippen molar-refractivity contribution < 1.29 is 9.59 Å². The van der Waals surface area contributed by atoms with E-state index in [0.29, 0.717) is 12.1 Å². The molecule has 0 saturated carbocycles. The number of rotatable bonds is 7. The molecule has 0 aliphatic rings. The van der Waals surface area contributed by atoms with Gasteiger partial charge in [0.25, 0.3) is 0 Å². The van der Waals surface area contributed by atoms with Crippen molar-refractivity contribution in [3.05, 3.63) is 35.4 Å². The van der Waals surface area contributed by atoms with Gasteiger partial charge in [-0.1, -0.05) is 31.2 Å². The van der Waals surface area contributed by atoms with Crippen LogP contribution in [0.2, 0.25) is 0 Å². The predicted octanol–water partition coefficient (Wildman–Crippen LogP) is 2.44. The van der Waals surface area contributed by atoms with Gasteiger partial charge in [-0.05, 0) is 18.9 Å². The highest BCUT2D eigenvalue weighted by molar-refractivity contribution is 5.97. The number of likely N-dealkylation sites (N-methyl/N-ethyl adjacent to an activating group) is 1. The molecule has 0 saturated heterocycles. The van der Waals surface area contributed by atoms with Gasteiger partial charge in [0.05, 0.1) is 0 Å². The minimum atomic E-state index is -0.0403. The summed E-state index contributed by atoms with van der Waals surface area (Å²) in [6.07, 6.45) is 1.43. The number of benzene rings is 1. The standard InChI is InChI=1S/C16H24N2O2.ClH/c1-4-13-5-7-14(8-6-13)15(19)9-10-16(20)18(3)12(2)11-17;/h5-8,12H,4,9-11,17H2,1-3H3;1H. The summed E-state index contributed by atoms with van der Waals surface area (Å²) in [6.45, 7) is 4.39. The van der Waals surface area contributed by atoms with Gasteiger partial charge in [-0.3, -0.25) is 9.59 Å². The smallest absolute Gasteiger partial charge is 0.223 e.